The van der Waals surface area contributed by atoms with Gasteiger partial charge in [0.1, 0.15) is 0 Å². The van der Waals surface area contributed by atoms with Gasteiger partial charge in [0.25, 0.3) is 0 Å². The summed E-state index contributed by atoms with van der Waals surface area (Å²) in [4.78, 5) is 10.4. The van der Waals surface area contributed by atoms with Gasteiger partial charge >= 0.3 is 5.97 Å². The van der Waals surface area contributed by atoms with Gasteiger partial charge in [-0.2, -0.15) is 0 Å². The van der Waals surface area contributed by atoms with Gasteiger partial charge in [0.05, 0.1) is 13.0 Å². The van der Waals surface area contributed by atoms with Crippen LogP contribution in [0.5, 0.6) is 0 Å². The maximum Gasteiger partial charge on any atom is 0.313 e. The van der Waals surface area contributed by atoms with Gasteiger partial charge in [-0.3, -0.25) is 4.79 Å². The van der Waals surface area contributed by atoms with Crippen LogP contribution in [-0.2, 0) is 9.53 Å². The molecule has 0 aromatic heterocycles. The maximum absolute atomic E-state index is 10.4. The third-order valence-corrected chi connectivity index (χ3v) is 1.09. The first kappa shape index (κ1) is 7.56. The van der Waals surface area contributed by atoms with Crippen molar-refractivity contribution in [2.24, 2.45) is 5.92 Å². The second-order valence-electron chi connectivity index (χ2n) is 1.36. The molecule has 1 unspecified atom stereocenters. The van der Waals surface area contributed by atoms with E-state index in [-0.39, 0.29) is 11.9 Å². The molecule has 0 spiro atoms. The molecule has 1 atom stereocenters. The Morgan fingerprint density at radius 3 is 2.50 bits per heavy atom. The van der Waals surface area contributed by atoms with E-state index in [1.54, 1.807) is 6.92 Å². The quantitative estimate of drug-likeness (QED) is 0.407. The summed E-state index contributed by atoms with van der Waals surface area (Å²) in [5.74, 6) is -0.713. The molecule has 1 radical (unpaired) electrons. The van der Waals surface area contributed by atoms with Crippen LogP contribution in [0, 0.1) is 5.92 Å². The van der Waals surface area contributed by atoms with Gasteiger partial charge in [0, 0.05) is 5.37 Å². The Labute approximate surface area is 53.8 Å². The first-order chi connectivity index (χ1) is 3.72. The van der Waals surface area contributed by atoms with Crippen molar-refractivity contribution in [3.8, 4) is 0 Å². The molecule has 0 saturated heterocycles. The maximum atomic E-state index is 10.4. The summed E-state index contributed by atoms with van der Waals surface area (Å²) in [5.41, 5.74) is 0. The molecule has 0 aliphatic heterocycles. The molecule has 8 heavy (non-hydrogen) atoms. The van der Waals surface area contributed by atoms with Crippen molar-refractivity contribution in [2.45, 2.75) is 6.92 Å². The summed E-state index contributed by atoms with van der Waals surface area (Å²) in [7, 11) is 1.32. The molecule has 0 aromatic carbocycles. The van der Waals surface area contributed by atoms with Gasteiger partial charge in [-0.05, 0) is 6.92 Å². The van der Waals surface area contributed by atoms with Crippen LogP contribution in [0.2, 0.25) is 0 Å². The number of rotatable bonds is 2. The van der Waals surface area contributed by atoms with E-state index in [0.29, 0.717) is 0 Å². The molecule has 0 aliphatic carbocycles. The number of ether oxygens (including phenoxy) is 1. The molecule has 0 heterocycles. The molecule has 0 amide bonds. The zero-order chi connectivity index (χ0) is 6.57. The van der Waals surface area contributed by atoms with Gasteiger partial charge in [0.15, 0.2) is 0 Å². The van der Waals surface area contributed by atoms with Crippen LogP contribution in [0.3, 0.4) is 0 Å². The largest absolute Gasteiger partial charge is 0.469 e. The average molecular weight is 131 g/mol. The number of hydrogen-bond donors (Lipinski definition) is 0. The Morgan fingerprint density at radius 1 is 1.88 bits per heavy atom. The second kappa shape index (κ2) is 3.55. The van der Waals surface area contributed by atoms with Crippen molar-refractivity contribution in [1.82, 2.24) is 0 Å². The van der Waals surface area contributed by atoms with E-state index in [4.69, 9.17) is 0 Å². The molecule has 0 aliphatic rings. The van der Waals surface area contributed by atoms with Crippen LogP contribution in [0.25, 0.3) is 0 Å². The molecule has 0 bridgehead atoms. The zero-order valence-electron chi connectivity index (χ0n) is 4.80. The van der Waals surface area contributed by atoms with Gasteiger partial charge < -0.3 is 4.74 Å². The molecule has 3 heteroatoms. The number of methoxy groups -OCH3 is 1. The number of carbonyl (C=O) groups excluding carboxylic acids is 1. The van der Waals surface area contributed by atoms with Crippen LogP contribution < -0.4 is 0 Å². The number of esters is 1. The summed E-state index contributed by atoms with van der Waals surface area (Å²) in [6.07, 6.45) is 0. The minimum absolute atomic E-state index is 0.333. The average Bonchev–Trinajstić information content (AvgIpc) is 1.84. The van der Waals surface area contributed by atoms with Gasteiger partial charge in [0.2, 0.25) is 0 Å². The van der Waals surface area contributed by atoms with E-state index in [1.807, 2.05) is 0 Å². The molecule has 0 saturated carbocycles. The fraction of sp³-hybridized carbons (Fsp3) is 0.600. The van der Waals surface area contributed by atoms with Crippen LogP contribution in [-0.4, -0.2) is 18.4 Å². The van der Waals surface area contributed by atoms with E-state index >= 15 is 0 Å². The van der Waals surface area contributed by atoms with E-state index in [9.17, 15) is 4.79 Å². The summed E-state index contributed by atoms with van der Waals surface area (Å²) in [6, 6.07) is 0. The van der Waals surface area contributed by atoms with E-state index < -0.39 is 0 Å². The first-order valence-electron chi connectivity index (χ1n) is 2.18. The highest BCUT2D eigenvalue weighted by atomic mass is 32.1. The lowest BCUT2D eigenvalue weighted by Crippen LogP contribution is -2.12. The Morgan fingerprint density at radius 2 is 2.38 bits per heavy atom. The summed E-state index contributed by atoms with van der Waals surface area (Å²) in [5, 5.41) is 2.32. The minimum Gasteiger partial charge on any atom is -0.469 e. The number of hydrogen-bond acceptors (Lipinski definition) is 3. The van der Waals surface area contributed by atoms with Crippen molar-refractivity contribution >= 4 is 23.6 Å². The molecule has 0 fully saturated rings. The topological polar surface area (TPSA) is 26.3 Å². The first-order valence-corrected chi connectivity index (χ1v) is 2.58. The standard InChI is InChI=1S/C5H7O2S/c1-4(3-8)5(6)7-2/h4H,1-2H3. The molecule has 0 N–H and O–H groups in total. The summed E-state index contributed by atoms with van der Waals surface area (Å²) < 4.78 is 4.33. The lowest BCUT2D eigenvalue weighted by molar-refractivity contribution is -0.142. The number of carbonyl (C=O) groups is 1. The highest BCUT2D eigenvalue weighted by molar-refractivity contribution is 7.79. The summed E-state index contributed by atoms with van der Waals surface area (Å²) >= 11 is 4.37. The third kappa shape index (κ3) is 2.02. The van der Waals surface area contributed by atoms with Crippen molar-refractivity contribution < 1.29 is 9.53 Å². The Bertz CT molecular complexity index is 101. The molecule has 0 aromatic rings. The molecule has 0 rings (SSSR count). The van der Waals surface area contributed by atoms with E-state index in [1.165, 1.54) is 7.11 Å². The third-order valence-electron chi connectivity index (χ3n) is 0.732. The van der Waals surface area contributed by atoms with Crippen LogP contribution >= 0.6 is 12.2 Å². The van der Waals surface area contributed by atoms with Gasteiger partial charge in [-0.15, -0.1) is 0 Å². The van der Waals surface area contributed by atoms with E-state index in [2.05, 4.69) is 22.3 Å². The lowest BCUT2D eigenvalue weighted by atomic mass is 10.2. The molecular weight excluding hydrogens is 124 g/mol. The second-order valence-corrected chi connectivity index (χ2v) is 1.60. The highest BCUT2D eigenvalue weighted by Crippen LogP contribution is 1.91. The van der Waals surface area contributed by atoms with Crippen molar-refractivity contribution in [3.05, 3.63) is 0 Å². The predicted octanol–water partition coefficient (Wildman–Crippen LogP) is 0.672. The van der Waals surface area contributed by atoms with E-state index in [0.717, 1.165) is 0 Å². The smallest absolute Gasteiger partial charge is 0.313 e. The Kier molecular flexibility index (Phi) is 3.35. The van der Waals surface area contributed by atoms with Crippen molar-refractivity contribution in [1.29, 1.82) is 0 Å². The fourth-order valence-corrected chi connectivity index (χ4v) is 0.321. The minimum atomic E-state index is -0.380. The van der Waals surface area contributed by atoms with Gasteiger partial charge in [-0.1, -0.05) is 12.2 Å². The normalized spacial score (nSPS) is 12.2. The molecule has 2 nitrogen and oxygen atoms in total. The Balaban J connectivity index is 3.62. The van der Waals surface area contributed by atoms with Crippen LogP contribution in [0.15, 0.2) is 0 Å². The SMILES string of the molecule is COC(=O)C(C)[C]=S. The Hall–Kier alpha value is -0.440. The molecular formula is C5H7O2S. The molecule has 45 valence electrons. The van der Waals surface area contributed by atoms with Crippen LogP contribution in [0.4, 0.5) is 0 Å². The summed E-state index contributed by atoms with van der Waals surface area (Å²) in [6.45, 7) is 1.64. The monoisotopic (exact) mass is 131 g/mol. The van der Waals surface area contributed by atoms with Gasteiger partial charge in [-0.25, -0.2) is 0 Å². The van der Waals surface area contributed by atoms with Crippen LogP contribution in [0.1, 0.15) is 6.92 Å². The number of thiocarbonyl (C=S) groups is 1. The predicted molar refractivity (Wildman–Crippen MR) is 33.8 cm³/mol. The zero-order valence-corrected chi connectivity index (χ0v) is 5.62. The fourth-order valence-electron chi connectivity index (χ4n) is 0.225. The van der Waals surface area contributed by atoms with Crippen molar-refractivity contribution in [2.75, 3.05) is 7.11 Å². The highest BCUT2D eigenvalue weighted by Gasteiger charge is 2.07. The lowest BCUT2D eigenvalue weighted by Gasteiger charge is -1.98. The van der Waals surface area contributed by atoms with Crippen molar-refractivity contribution in [3.63, 3.8) is 0 Å².